The van der Waals surface area contributed by atoms with Gasteiger partial charge in [0.05, 0.1) is 27.7 Å². The summed E-state index contributed by atoms with van der Waals surface area (Å²) in [5, 5.41) is 0. The van der Waals surface area contributed by atoms with Crippen LogP contribution < -0.4 is 4.89 Å². The van der Waals surface area contributed by atoms with Crippen LogP contribution in [0.3, 0.4) is 0 Å². The second kappa shape index (κ2) is 43.7. The fourth-order valence-electron chi connectivity index (χ4n) is 5.54. The van der Waals surface area contributed by atoms with Crippen molar-refractivity contribution in [3.05, 3.63) is 122 Å². The van der Waals surface area contributed by atoms with Gasteiger partial charge in [-0.1, -0.05) is 161 Å². The lowest BCUT2D eigenvalue weighted by molar-refractivity contribution is -0.870. The summed E-state index contributed by atoms with van der Waals surface area (Å²) in [4.78, 5) is 37.5. The van der Waals surface area contributed by atoms with Crippen molar-refractivity contribution >= 4 is 19.8 Å². The number of ether oxygens (including phenoxy) is 2. The SMILES string of the molecule is CC/C=C\C/C=C\C/C=C\C/C=C\C/C=C\C/C=C\C/C=C\C/C=C\C/C=C\CCCC(=O)OC(COC(=O)CCCCCCC/C=C\CCC)COP(=O)([O-])OCC[N+](C)(C)C. The quantitative estimate of drug-likeness (QED) is 0.0196. The number of phosphoric ester groups is 1. The molecule has 2 atom stereocenters. The average Bonchev–Trinajstić information content (AvgIpc) is 3.24. The van der Waals surface area contributed by atoms with E-state index in [4.69, 9.17) is 18.5 Å². The number of rotatable bonds is 41. The minimum atomic E-state index is -4.65. The van der Waals surface area contributed by atoms with Crippen molar-refractivity contribution in [2.24, 2.45) is 0 Å². The van der Waals surface area contributed by atoms with Crippen molar-refractivity contribution < 1.29 is 42.1 Å². The molecule has 0 aliphatic carbocycles. The number of quaternary nitrogens is 1. The maximum absolute atomic E-state index is 12.7. The normalized spacial score (nSPS) is 14.6. The lowest BCUT2D eigenvalue weighted by Crippen LogP contribution is -2.37. The van der Waals surface area contributed by atoms with Crippen LogP contribution in [-0.4, -0.2) is 70.0 Å². The highest BCUT2D eigenvalue weighted by molar-refractivity contribution is 7.45. The van der Waals surface area contributed by atoms with Crippen LogP contribution in [0, 0.1) is 0 Å². The number of unbranched alkanes of at least 4 members (excludes halogenated alkanes) is 7. The van der Waals surface area contributed by atoms with Crippen LogP contribution in [0.25, 0.3) is 0 Å². The number of hydrogen-bond acceptors (Lipinski definition) is 8. The van der Waals surface area contributed by atoms with Gasteiger partial charge in [-0.2, -0.15) is 0 Å². The lowest BCUT2D eigenvalue weighted by atomic mass is 10.1. The molecule has 0 amide bonds. The van der Waals surface area contributed by atoms with E-state index in [1.165, 1.54) is 0 Å². The molecule has 0 aliphatic rings. The summed E-state index contributed by atoms with van der Waals surface area (Å²) in [6, 6.07) is 0. The van der Waals surface area contributed by atoms with Crippen molar-refractivity contribution in [1.82, 2.24) is 0 Å². The van der Waals surface area contributed by atoms with Crippen LogP contribution in [0.5, 0.6) is 0 Å². The highest BCUT2D eigenvalue weighted by Gasteiger charge is 2.21. The molecule has 356 valence electrons. The topological polar surface area (TPSA) is 111 Å². The van der Waals surface area contributed by atoms with Crippen LogP contribution in [0.1, 0.15) is 149 Å². The minimum absolute atomic E-state index is 0.0502. The predicted octanol–water partition coefficient (Wildman–Crippen LogP) is 13.4. The van der Waals surface area contributed by atoms with Crippen molar-refractivity contribution in [2.45, 2.75) is 155 Å². The molecular formula is C53H86NO8P. The molecule has 0 N–H and O–H groups in total. The average molecular weight is 896 g/mol. The van der Waals surface area contributed by atoms with Gasteiger partial charge in [-0.25, -0.2) is 0 Å². The lowest BCUT2D eigenvalue weighted by Gasteiger charge is -2.28. The first-order valence-electron chi connectivity index (χ1n) is 23.7. The van der Waals surface area contributed by atoms with Gasteiger partial charge in [0, 0.05) is 12.8 Å². The third kappa shape index (κ3) is 47.7. The maximum atomic E-state index is 12.7. The van der Waals surface area contributed by atoms with Crippen molar-refractivity contribution in [3.8, 4) is 0 Å². The molecule has 0 aromatic carbocycles. The summed E-state index contributed by atoms with van der Waals surface area (Å²) in [5.41, 5.74) is 0. The van der Waals surface area contributed by atoms with Crippen LogP contribution in [0.15, 0.2) is 122 Å². The van der Waals surface area contributed by atoms with Crippen LogP contribution in [0.4, 0.5) is 0 Å². The van der Waals surface area contributed by atoms with E-state index in [1.54, 1.807) is 0 Å². The Balaban J connectivity index is 4.38. The maximum Gasteiger partial charge on any atom is 0.306 e. The minimum Gasteiger partial charge on any atom is -0.756 e. The summed E-state index contributed by atoms with van der Waals surface area (Å²) in [6.45, 7) is 3.93. The van der Waals surface area contributed by atoms with Gasteiger partial charge in [-0.05, 0) is 96.3 Å². The Morgan fingerprint density at radius 3 is 1.41 bits per heavy atom. The first kappa shape index (κ1) is 59.4. The first-order valence-corrected chi connectivity index (χ1v) is 25.2. The Labute approximate surface area is 384 Å². The van der Waals surface area contributed by atoms with Gasteiger partial charge in [-0.15, -0.1) is 0 Å². The molecule has 0 radical (unpaired) electrons. The van der Waals surface area contributed by atoms with Gasteiger partial charge in [0.1, 0.15) is 19.8 Å². The van der Waals surface area contributed by atoms with E-state index < -0.39 is 32.5 Å². The molecule has 0 saturated carbocycles. The number of carbonyl (C=O) groups excluding carboxylic acids is 2. The van der Waals surface area contributed by atoms with Gasteiger partial charge < -0.3 is 27.9 Å². The Kier molecular flexibility index (Phi) is 41.2. The fraction of sp³-hybridized carbons (Fsp3) is 0.585. The second-order valence-corrected chi connectivity index (χ2v) is 17.8. The summed E-state index contributed by atoms with van der Waals surface area (Å²) in [5.74, 6) is -0.931. The summed E-state index contributed by atoms with van der Waals surface area (Å²) in [7, 11) is 1.10. The zero-order chi connectivity index (χ0) is 46.4. The number of likely N-dealkylation sites (N-methyl/N-ethyl adjacent to an activating group) is 1. The number of nitrogens with zero attached hydrogens (tertiary/aromatic N) is 1. The number of hydrogen-bond donors (Lipinski definition) is 0. The van der Waals surface area contributed by atoms with Crippen molar-refractivity contribution in [2.75, 3.05) is 47.5 Å². The Morgan fingerprint density at radius 2 is 0.921 bits per heavy atom. The molecule has 0 aromatic heterocycles. The molecule has 0 heterocycles. The summed E-state index contributed by atoms with van der Waals surface area (Å²) >= 11 is 0. The van der Waals surface area contributed by atoms with E-state index in [2.05, 4.69) is 129 Å². The highest BCUT2D eigenvalue weighted by Crippen LogP contribution is 2.38. The molecular weight excluding hydrogens is 810 g/mol. The van der Waals surface area contributed by atoms with Crippen molar-refractivity contribution in [1.29, 1.82) is 0 Å². The van der Waals surface area contributed by atoms with E-state index in [0.717, 1.165) is 103 Å². The molecule has 0 aliphatic heterocycles. The third-order valence-electron chi connectivity index (χ3n) is 9.20. The molecule has 0 saturated heterocycles. The Hall–Kier alpha value is -3.59. The molecule has 0 aromatic rings. The fourth-order valence-corrected chi connectivity index (χ4v) is 6.27. The predicted molar refractivity (Wildman–Crippen MR) is 263 cm³/mol. The zero-order valence-corrected chi connectivity index (χ0v) is 40.9. The van der Waals surface area contributed by atoms with Crippen molar-refractivity contribution in [3.63, 3.8) is 0 Å². The van der Waals surface area contributed by atoms with Gasteiger partial charge in [0.25, 0.3) is 7.82 Å². The third-order valence-corrected chi connectivity index (χ3v) is 10.2. The number of allylic oxidation sites excluding steroid dienone is 20. The number of carbonyl (C=O) groups is 2. The highest BCUT2D eigenvalue weighted by atomic mass is 31.2. The van der Waals surface area contributed by atoms with E-state index in [1.807, 2.05) is 27.2 Å². The van der Waals surface area contributed by atoms with Gasteiger partial charge in [0.2, 0.25) is 0 Å². The van der Waals surface area contributed by atoms with E-state index >= 15 is 0 Å². The first-order chi connectivity index (χ1) is 30.5. The standard InChI is InChI=1S/C53H86NO8P/c1-6-8-10-12-14-16-18-19-20-21-22-23-24-25-26-27-28-29-30-31-32-33-34-35-36-38-40-42-44-46-53(56)62-51(50-61-63(57,58)60-48-47-54(3,4)5)49-59-52(55)45-43-41-39-37-17-15-13-11-9-7-2/h8,10-11,13-14,16,19-20,22-23,25-26,28-29,31-32,34-35,38,40,51H,6-7,9,12,15,17-18,21,24,27,30,33,36-37,39,41-50H2,1-5H3/b10-8-,13-11-,16-14-,20-19-,23-22-,26-25-,29-28-,32-31-,35-34-,40-38-. The van der Waals surface area contributed by atoms with E-state index in [0.29, 0.717) is 30.3 Å². The Bertz CT molecular complexity index is 1480. The summed E-state index contributed by atoms with van der Waals surface area (Å²) in [6.07, 6.45) is 61.1. The number of esters is 2. The van der Waals surface area contributed by atoms with Crippen LogP contribution >= 0.6 is 7.82 Å². The second-order valence-electron chi connectivity index (χ2n) is 16.4. The monoisotopic (exact) mass is 896 g/mol. The number of phosphoric acid groups is 1. The van der Waals surface area contributed by atoms with Crippen LogP contribution in [0.2, 0.25) is 0 Å². The molecule has 0 rings (SSSR count). The van der Waals surface area contributed by atoms with Crippen LogP contribution in [-0.2, 0) is 32.7 Å². The molecule has 10 heteroatoms. The van der Waals surface area contributed by atoms with E-state index in [-0.39, 0.29) is 26.1 Å². The smallest absolute Gasteiger partial charge is 0.306 e. The Morgan fingerprint density at radius 1 is 0.508 bits per heavy atom. The van der Waals surface area contributed by atoms with E-state index in [9.17, 15) is 19.0 Å². The van der Waals surface area contributed by atoms with Gasteiger partial charge in [0.15, 0.2) is 6.10 Å². The molecule has 63 heavy (non-hydrogen) atoms. The molecule has 2 unspecified atom stereocenters. The van der Waals surface area contributed by atoms with Gasteiger partial charge >= 0.3 is 11.9 Å². The zero-order valence-electron chi connectivity index (χ0n) is 40.0. The molecule has 0 fully saturated rings. The largest absolute Gasteiger partial charge is 0.756 e. The molecule has 9 nitrogen and oxygen atoms in total. The van der Waals surface area contributed by atoms with Gasteiger partial charge in [-0.3, -0.25) is 14.2 Å². The molecule has 0 bridgehead atoms. The molecule has 0 spiro atoms. The summed E-state index contributed by atoms with van der Waals surface area (Å²) < 4.78 is 33.8.